The minimum Gasteiger partial charge on any atom is -0.374 e. The van der Waals surface area contributed by atoms with Crippen LogP contribution in [0.25, 0.3) is 0 Å². The Morgan fingerprint density at radius 2 is 1.70 bits per heavy atom. The van der Waals surface area contributed by atoms with Crippen LogP contribution in [0, 0.1) is 6.92 Å². The van der Waals surface area contributed by atoms with Crippen molar-refractivity contribution in [2.24, 2.45) is 0 Å². The molecule has 2 aromatic carbocycles. The minimum atomic E-state index is -3.63. The van der Waals surface area contributed by atoms with Gasteiger partial charge in [0.15, 0.2) is 0 Å². The van der Waals surface area contributed by atoms with Crippen molar-refractivity contribution in [2.45, 2.75) is 58.8 Å². The summed E-state index contributed by atoms with van der Waals surface area (Å²) in [6.45, 7) is 10.9. The first-order valence-corrected chi connectivity index (χ1v) is 11.7. The maximum absolute atomic E-state index is 12.9. The third-order valence-electron chi connectivity index (χ3n) is 4.93. The molecule has 1 amide bonds. The highest BCUT2D eigenvalue weighted by molar-refractivity contribution is 7.89. The number of amides is 1. The molecule has 0 aliphatic heterocycles. The number of hydrogen-bond donors (Lipinski definition) is 1. The molecule has 164 valence electrons. The molecule has 2 rings (SSSR count). The van der Waals surface area contributed by atoms with E-state index in [1.54, 1.807) is 32.9 Å². The van der Waals surface area contributed by atoms with Gasteiger partial charge in [0.25, 0.3) is 5.91 Å². The molecule has 0 aromatic heterocycles. The zero-order valence-electron chi connectivity index (χ0n) is 18.4. The largest absolute Gasteiger partial charge is 0.374 e. The second kappa shape index (κ2) is 10.7. The summed E-state index contributed by atoms with van der Waals surface area (Å²) < 4.78 is 32.7. The number of nitrogens with zero attached hydrogens (tertiary/aromatic N) is 1. The fourth-order valence-corrected chi connectivity index (χ4v) is 4.60. The van der Waals surface area contributed by atoms with Gasteiger partial charge in [0.1, 0.15) is 0 Å². The molecule has 30 heavy (non-hydrogen) atoms. The Hall–Kier alpha value is -2.22. The molecule has 0 aliphatic carbocycles. The molecule has 0 saturated heterocycles. The van der Waals surface area contributed by atoms with E-state index in [0.717, 1.165) is 16.7 Å². The highest BCUT2D eigenvalue weighted by atomic mass is 32.2. The van der Waals surface area contributed by atoms with Crippen molar-refractivity contribution in [3.8, 4) is 0 Å². The third kappa shape index (κ3) is 5.90. The van der Waals surface area contributed by atoms with Gasteiger partial charge in [-0.2, -0.15) is 4.31 Å². The van der Waals surface area contributed by atoms with Crippen molar-refractivity contribution in [3.63, 3.8) is 0 Å². The van der Waals surface area contributed by atoms with E-state index in [0.29, 0.717) is 31.8 Å². The summed E-state index contributed by atoms with van der Waals surface area (Å²) in [4.78, 5) is 13.0. The summed E-state index contributed by atoms with van der Waals surface area (Å²) >= 11 is 0. The fraction of sp³-hybridized carbons (Fsp3) is 0.435. The smallest absolute Gasteiger partial charge is 0.251 e. The van der Waals surface area contributed by atoms with Crippen LogP contribution in [0.3, 0.4) is 0 Å². The fourth-order valence-electron chi connectivity index (χ4n) is 3.12. The number of ether oxygens (including phenoxy) is 1. The maximum atomic E-state index is 12.9. The Labute approximate surface area is 180 Å². The first-order valence-electron chi connectivity index (χ1n) is 10.3. The Kier molecular flexibility index (Phi) is 8.58. The molecule has 0 saturated carbocycles. The number of hydrogen-bond acceptors (Lipinski definition) is 4. The van der Waals surface area contributed by atoms with Crippen molar-refractivity contribution in [3.05, 3.63) is 64.7 Å². The van der Waals surface area contributed by atoms with E-state index in [1.807, 2.05) is 38.1 Å². The number of benzene rings is 2. The van der Waals surface area contributed by atoms with Crippen LogP contribution >= 0.6 is 0 Å². The molecular weight excluding hydrogens is 400 g/mol. The summed E-state index contributed by atoms with van der Waals surface area (Å²) in [5.41, 5.74) is 3.07. The molecule has 7 heteroatoms. The van der Waals surface area contributed by atoms with Crippen LogP contribution in [0.4, 0.5) is 0 Å². The Bertz CT molecular complexity index is 967. The van der Waals surface area contributed by atoms with Gasteiger partial charge in [-0.05, 0) is 49.6 Å². The lowest BCUT2D eigenvalue weighted by Crippen LogP contribution is -2.31. The van der Waals surface area contributed by atoms with Crippen molar-refractivity contribution in [2.75, 3.05) is 13.1 Å². The Morgan fingerprint density at radius 1 is 1.07 bits per heavy atom. The van der Waals surface area contributed by atoms with Gasteiger partial charge < -0.3 is 10.1 Å². The Balaban J connectivity index is 2.21. The monoisotopic (exact) mass is 432 g/mol. The van der Waals surface area contributed by atoms with Crippen LogP contribution in [-0.2, 0) is 27.9 Å². The van der Waals surface area contributed by atoms with Crippen LogP contribution < -0.4 is 5.32 Å². The molecule has 0 fully saturated rings. The standard InChI is InChI=1S/C23H32N2O4S/c1-6-25(7-2)30(27,28)21-13-12-18(5)22(14-21)23(26)24-15-19-10-8-9-11-20(19)16-29-17(3)4/h8-14,17H,6-7,15-16H2,1-5H3,(H,24,26). The first-order chi connectivity index (χ1) is 14.2. The van der Waals surface area contributed by atoms with Gasteiger partial charge in [-0.1, -0.05) is 44.2 Å². The molecule has 1 N–H and O–H groups in total. The predicted molar refractivity (Wildman–Crippen MR) is 119 cm³/mol. The van der Waals surface area contributed by atoms with Gasteiger partial charge in [0.05, 0.1) is 17.6 Å². The summed E-state index contributed by atoms with van der Waals surface area (Å²) in [6, 6.07) is 12.5. The number of aryl methyl sites for hydroxylation is 1. The van der Waals surface area contributed by atoms with Gasteiger partial charge in [0, 0.05) is 25.2 Å². The minimum absolute atomic E-state index is 0.116. The van der Waals surface area contributed by atoms with Gasteiger partial charge in [-0.25, -0.2) is 8.42 Å². The zero-order valence-corrected chi connectivity index (χ0v) is 19.3. The van der Waals surface area contributed by atoms with E-state index in [4.69, 9.17) is 4.74 Å². The third-order valence-corrected chi connectivity index (χ3v) is 6.97. The van der Waals surface area contributed by atoms with E-state index >= 15 is 0 Å². The average Bonchev–Trinajstić information content (AvgIpc) is 2.71. The van der Waals surface area contributed by atoms with Crippen molar-refractivity contribution in [1.29, 1.82) is 0 Å². The van der Waals surface area contributed by atoms with Gasteiger partial charge in [-0.15, -0.1) is 0 Å². The zero-order chi connectivity index (χ0) is 22.3. The van der Waals surface area contributed by atoms with E-state index in [-0.39, 0.29) is 16.9 Å². The number of sulfonamides is 1. The molecule has 2 aromatic rings. The van der Waals surface area contributed by atoms with Crippen LogP contribution in [0.5, 0.6) is 0 Å². The lowest BCUT2D eigenvalue weighted by molar-refractivity contribution is 0.0651. The van der Waals surface area contributed by atoms with Crippen LogP contribution in [0.15, 0.2) is 47.4 Å². The molecule has 0 bridgehead atoms. The molecule has 6 nitrogen and oxygen atoms in total. The van der Waals surface area contributed by atoms with Crippen LogP contribution in [-0.4, -0.2) is 37.8 Å². The van der Waals surface area contributed by atoms with Crippen LogP contribution in [0.2, 0.25) is 0 Å². The summed E-state index contributed by atoms with van der Waals surface area (Å²) in [5.74, 6) is -0.302. The highest BCUT2D eigenvalue weighted by Crippen LogP contribution is 2.20. The predicted octanol–water partition coefficient (Wildman–Crippen LogP) is 3.88. The second-order valence-corrected chi connectivity index (χ2v) is 9.32. The lowest BCUT2D eigenvalue weighted by Gasteiger charge is -2.19. The summed E-state index contributed by atoms with van der Waals surface area (Å²) in [7, 11) is -3.63. The number of carbonyl (C=O) groups is 1. The molecule has 0 aliphatic rings. The van der Waals surface area contributed by atoms with E-state index in [9.17, 15) is 13.2 Å². The van der Waals surface area contributed by atoms with Crippen molar-refractivity contribution >= 4 is 15.9 Å². The molecule has 0 heterocycles. The van der Waals surface area contributed by atoms with Gasteiger partial charge >= 0.3 is 0 Å². The molecular formula is C23H32N2O4S. The summed E-state index contributed by atoms with van der Waals surface area (Å²) in [6.07, 6.45) is 0.116. The van der Waals surface area contributed by atoms with E-state index < -0.39 is 10.0 Å². The molecule has 0 spiro atoms. The van der Waals surface area contributed by atoms with E-state index in [2.05, 4.69) is 5.32 Å². The number of carbonyl (C=O) groups excluding carboxylic acids is 1. The van der Waals surface area contributed by atoms with Gasteiger partial charge in [-0.3, -0.25) is 4.79 Å². The molecule has 0 radical (unpaired) electrons. The number of nitrogens with one attached hydrogen (secondary N) is 1. The van der Waals surface area contributed by atoms with Crippen LogP contribution in [0.1, 0.15) is 54.7 Å². The highest BCUT2D eigenvalue weighted by Gasteiger charge is 2.23. The van der Waals surface area contributed by atoms with Crippen molar-refractivity contribution < 1.29 is 17.9 Å². The SMILES string of the molecule is CCN(CC)S(=O)(=O)c1ccc(C)c(C(=O)NCc2ccccc2COC(C)C)c1. The van der Waals surface area contributed by atoms with E-state index in [1.165, 1.54) is 10.4 Å². The maximum Gasteiger partial charge on any atom is 0.251 e. The second-order valence-electron chi connectivity index (χ2n) is 7.38. The Morgan fingerprint density at radius 3 is 2.30 bits per heavy atom. The normalized spacial score (nSPS) is 11.8. The van der Waals surface area contributed by atoms with Gasteiger partial charge in [0.2, 0.25) is 10.0 Å². The molecule has 0 unspecified atom stereocenters. The van der Waals surface area contributed by atoms with Crippen molar-refractivity contribution in [1.82, 2.24) is 9.62 Å². The number of rotatable bonds is 10. The first kappa shape index (κ1) is 24.1. The quantitative estimate of drug-likeness (QED) is 0.618. The average molecular weight is 433 g/mol. The summed E-state index contributed by atoms with van der Waals surface area (Å²) in [5, 5.41) is 2.92. The topological polar surface area (TPSA) is 75.7 Å². The molecule has 0 atom stereocenters. The lowest BCUT2D eigenvalue weighted by atomic mass is 10.1.